The zero-order valence-electron chi connectivity index (χ0n) is 19.3. The molecule has 4 aromatic rings. The van der Waals surface area contributed by atoms with E-state index < -0.39 is 6.10 Å². The molecule has 2 saturated heterocycles. The predicted octanol–water partition coefficient (Wildman–Crippen LogP) is 6.41. The van der Waals surface area contributed by atoms with E-state index in [0.717, 1.165) is 16.7 Å². The normalized spacial score (nSPS) is 24.0. The third-order valence-corrected chi connectivity index (χ3v) is 9.04. The number of thiophene rings is 1. The number of hydrogen-bond acceptors (Lipinski definition) is 5. The highest BCUT2D eigenvalue weighted by Gasteiger charge is 2.41. The van der Waals surface area contributed by atoms with E-state index in [1.807, 2.05) is 35.6 Å². The molecule has 3 atom stereocenters. The lowest BCUT2D eigenvalue weighted by atomic mass is 9.84. The lowest BCUT2D eigenvalue weighted by Gasteiger charge is -2.40. The van der Waals surface area contributed by atoms with Crippen molar-refractivity contribution in [1.82, 2.24) is 4.90 Å². The van der Waals surface area contributed by atoms with Crippen molar-refractivity contribution in [2.75, 3.05) is 13.2 Å². The molecular formula is C28H31NO3S. The molecule has 2 aliphatic rings. The first-order chi connectivity index (χ1) is 16.1. The van der Waals surface area contributed by atoms with Crippen molar-refractivity contribution in [1.29, 1.82) is 0 Å². The fourth-order valence-corrected chi connectivity index (χ4v) is 7.16. The van der Waals surface area contributed by atoms with Crippen molar-refractivity contribution in [3.63, 3.8) is 0 Å². The molecule has 6 rings (SSSR count). The summed E-state index contributed by atoms with van der Waals surface area (Å²) in [5.41, 5.74) is 3.74. The van der Waals surface area contributed by atoms with Gasteiger partial charge in [-0.25, -0.2) is 0 Å². The van der Waals surface area contributed by atoms with Crippen LogP contribution in [0.3, 0.4) is 0 Å². The zero-order valence-corrected chi connectivity index (χ0v) is 20.1. The minimum atomic E-state index is -0.500. The van der Waals surface area contributed by atoms with Crippen LogP contribution in [0.1, 0.15) is 47.6 Å². The average molecular weight is 462 g/mol. The van der Waals surface area contributed by atoms with Gasteiger partial charge in [0.05, 0.1) is 11.6 Å². The number of benzene rings is 2. The SMILES string of the molecule is Cc1sc2cc(C3CC4CCC(C3)N4C[C@H](O)COc3cccc4occc34)ccc2c1C. The summed E-state index contributed by atoms with van der Waals surface area (Å²) in [5, 5.41) is 13.2. The van der Waals surface area contributed by atoms with Crippen molar-refractivity contribution < 1.29 is 14.3 Å². The molecule has 4 nitrogen and oxygen atoms in total. The zero-order chi connectivity index (χ0) is 22.5. The number of aliphatic hydroxyl groups excluding tert-OH is 1. The average Bonchev–Trinajstić information content (AvgIpc) is 3.46. The maximum Gasteiger partial charge on any atom is 0.137 e. The van der Waals surface area contributed by atoms with Crippen LogP contribution in [0.2, 0.25) is 0 Å². The number of fused-ring (bicyclic) bond motifs is 4. The number of aryl methyl sites for hydroxylation is 2. The minimum absolute atomic E-state index is 0.303. The second-order valence-corrected chi connectivity index (χ2v) is 11.1. The summed E-state index contributed by atoms with van der Waals surface area (Å²) in [5.74, 6) is 1.40. The quantitative estimate of drug-likeness (QED) is 0.360. The molecule has 1 N–H and O–H groups in total. The Morgan fingerprint density at radius 2 is 1.91 bits per heavy atom. The van der Waals surface area contributed by atoms with Gasteiger partial charge in [-0.2, -0.15) is 0 Å². The Hall–Kier alpha value is -2.34. The lowest BCUT2D eigenvalue weighted by Crippen LogP contribution is -2.47. The maximum absolute atomic E-state index is 10.8. The van der Waals surface area contributed by atoms with E-state index in [9.17, 15) is 5.11 Å². The molecule has 4 heterocycles. The van der Waals surface area contributed by atoms with Crippen molar-refractivity contribution >= 4 is 32.4 Å². The fourth-order valence-electron chi connectivity index (χ4n) is 6.04. The third-order valence-electron chi connectivity index (χ3n) is 7.87. The molecule has 0 spiro atoms. The minimum Gasteiger partial charge on any atom is -0.490 e. The molecule has 2 aromatic heterocycles. The fraction of sp³-hybridized carbons (Fsp3) is 0.429. The highest BCUT2D eigenvalue weighted by Crippen LogP contribution is 2.44. The van der Waals surface area contributed by atoms with Crippen LogP contribution in [0, 0.1) is 13.8 Å². The molecule has 0 radical (unpaired) electrons. The van der Waals surface area contributed by atoms with E-state index in [1.165, 1.54) is 51.8 Å². The van der Waals surface area contributed by atoms with Crippen LogP contribution in [-0.2, 0) is 0 Å². The monoisotopic (exact) mass is 461 g/mol. The maximum atomic E-state index is 10.8. The second kappa shape index (κ2) is 8.46. The van der Waals surface area contributed by atoms with Crippen molar-refractivity contribution in [2.45, 2.75) is 63.6 Å². The highest BCUT2D eigenvalue weighted by atomic mass is 32.1. The standard InChI is InChI=1S/C28H31NO3S/c1-17-18(2)33-28-14-19(6-9-24(17)28)20-12-21-7-8-22(13-20)29(21)15-23(30)16-32-27-5-3-4-26-25(27)10-11-31-26/h3-6,9-11,14,20-23,30H,7-8,12-13,15-16H2,1-2H3/t20?,21?,22?,23-/m0/s1. The van der Waals surface area contributed by atoms with Gasteiger partial charge in [0, 0.05) is 28.2 Å². The third kappa shape index (κ3) is 3.86. The van der Waals surface area contributed by atoms with E-state index in [0.29, 0.717) is 31.2 Å². The number of nitrogens with zero attached hydrogens (tertiary/aromatic N) is 1. The van der Waals surface area contributed by atoms with Crippen LogP contribution in [0.5, 0.6) is 5.75 Å². The first kappa shape index (κ1) is 21.2. The number of piperidine rings is 1. The van der Waals surface area contributed by atoms with Gasteiger partial charge in [-0.3, -0.25) is 4.90 Å². The molecule has 2 aromatic carbocycles. The molecule has 33 heavy (non-hydrogen) atoms. The first-order valence-electron chi connectivity index (χ1n) is 12.1. The van der Waals surface area contributed by atoms with Crippen LogP contribution in [0.25, 0.3) is 21.1 Å². The topological polar surface area (TPSA) is 45.8 Å². The van der Waals surface area contributed by atoms with Crippen LogP contribution in [0.15, 0.2) is 53.1 Å². The summed E-state index contributed by atoms with van der Waals surface area (Å²) in [6, 6.07) is 16.0. The van der Waals surface area contributed by atoms with Crippen molar-refractivity contribution in [3.8, 4) is 5.75 Å². The molecule has 0 aliphatic carbocycles. The second-order valence-electron chi connectivity index (χ2n) is 9.84. The van der Waals surface area contributed by atoms with Gasteiger partial charge in [-0.15, -0.1) is 11.3 Å². The molecule has 0 amide bonds. The van der Waals surface area contributed by atoms with E-state index in [2.05, 4.69) is 36.9 Å². The summed E-state index contributed by atoms with van der Waals surface area (Å²) in [7, 11) is 0. The number of aliphatic hydroxyl groups is 1. The predicted molar refractivity (Wildman–Crippen MR) is 135 cm³/mol. The highest BCUT2D eigenvalue weighted by molar-refractivity contribution is 7.19. The lowest BCUT2D eigenvalue weighted by molar-refractivity contribution is 0.0321. The summed E-state index contributed by atoms with van der Waals surface area (Å²) in [6.07, 6.45) is 6.03. The first-order valence-corrected chi connectivity index (χ1v) is 12.9. The van der Waals surface area contributed by atoms with Crippen LogP contribution in [0.4, 0.5) is 0 Å². The van der Waals surface area contributed by atoms with E-state index >= 15 is 0 Å². The van der Waals surface area contributed by atoms with Gasteiger partial charge in [-0.05, 0) is 86.2 Å². The molecule has 2 bridgehead atoms. The summed E-state index contributed by atoms with van der Waals surface area (Å²) in [4.78, 5) is 3.98. The van der Waals surface area contributed by atoms with E-state index in [1.54, 1.807) is 6.26 Å². The molecule has 2 aliphatic heterocycles. The van der Waals surface area contributed by atoms with Crippen molar-refractivity contribution in [3.05, 3.63) is 64.7 Å². The number of furan rings is 1. The van der Waals surface area contributed by atoms with Gasteiger partial charge in [0.25, 0.3) is 0 Å². The van der Waals surface area contributed by atoms with Crippen LogP contribution in [-0.4, -0.2) is 41.3 Å². The Labute approximate surface area is 198 Å². The summed E-state index contributed by atoms with van der Waals surface area (Å²) >= 11 is 1.92. The molecular weight excluding hydrogens is 430 g/mol. The Morgan fingerprint density at radius 1 is 1.09 bits per heavy atom. The van der Waals surface area contributed by atoms with Gasteiger partial charge >= 0.3 is 0 Å². The summed E-state index contributed by atoms with van der Waals surface area (Å²) < 4.78 is 12.9. The van der Waals surface area contributed by atoms with Gasteiger partial charge in [0.2, 0.25) is 0 Å². The Bertz CT molecular complexity index is 1280. The number of hydrogen-bond donors (Lipinski definition) is 1. The summed E-state index contributed by atoms with van der Waals surface area (Å²) in [6.45, 7) is 5.45. The smallest absolute Gasteiger partial charge is 0.137 e. The van der Waals surface area contributed by atoms with E-state index in [4.69, 9.17) is 9.15 Å². The van der Waals surface area contributed by atoms with Gasteiger partial charge in [0.15, 0.2) is 0 Å². The van der Waals surface area contributed by atoms with Crippen LogP contribution >= 0.6 is 11.3 Å². The largest absolute Gasteiger partial charge is 0.490 e. The molecule has 2 fully saturated rings. The van der Waals surface area contributed by atoms with Gasteiger partial charge in [-0.1, -0.05) is 18.2 Å². The van der Waals surface area contributed by atoms with Crippen LogP contribution < -0.4 is 4.74 Å². The molecule has 2 unspecified atom stereocenters. The molecule has 0 saturated carbocycles. The van der Waals surface area contributed by atoms with Crippen molar-refractivity contribution in [2.24, 2.45) is 0 Å². The van der Waals surface area contributed by atoms with E-state index in [-0.39, 0.29) is 0 Å². The molecule has 5 heteroatoms. The Balaban J connectivity index is 1.10. The number of ether oxygens (including phenoxy) is 1. The molecule has 172 valence electrons. The number of rotatable bonds is 6. The Morgan fingerprint density at radius 3 is 2.73 bits per heavy atom. The van der Waals surface area contributed by atoms with Gasteiger partial charge in [0.1, 0.15) is 24.0 Å². The van der Waals surface area contributed by atoms with Gasteiger partial charge < -0.3 is 14.3 Å². The Kier molecular flexibility index (Phi) is 5.44.